The minimum absolute atomic E-state index is 0.470. The van der Waals surface area contributed by atoms with E-state index in [4.69, 9.17) is 15.2 Å². The standard InChI is InChI=1S/C12H13N3O2/c1-12(2)16-9-4-3-7(5-10(9)17-12)8-6-11(13)15-14-8/h3-6H,1-2H3,(H3,13,14,15). The maximum atomic E-state index is 5.68. The highest BCUT2D eigenvalue weighted by Gasteiger charge is 2.31. The van der Waals surface area contributed by atoms with Gasteiger partial charge in [-0.3, -0.25) is 5.10 Å². The van der Waals surface area contributed by atoms with Crippen molar-refractivity contribution in [3.05, 3.63) is 24.3 Å². The van der Waals surface area contributed by atoms with Crippen LogP contribution in [0.15, 0.2) is 24.3 Å². The third-order valence-electron chi connectivity index (χ3n) is 2.56. The fourth-order valence-electron chi connectivity index (χ4n) is 1.88. The van der Waals surface area contributed by atoms with Crippen LogP contribution in [0.5, 0.6) is 11.5 Å². The lowest BCUT2D eigenvalue weighted by molar-refractivity contribution is -0.0431. The molecule has 0 bridgehead atoms. The van der Waals surface area contributed by atoms with Crippen molar-refractivity contribution in [3.63, 3.8) is 0 Å². The zero-order valence-electron chi connectivity index (χ0n) is 9.65. The van der Waals surface area contributed by atoms with Crippen molar-refractivity contribution in [3.8, 4) is 22.8 Å². The molecular formula is C12H13N3O2. The van der Waals surface area contributed by atoms with Crippen molar-refractivity contribution < 1.29 is 9.47 Å². The number of nitrogens with one attached hydrogen (secondary N) is 1. The van der Waals surface area contributed by atoms with Gasteiger partial charge in [0.1, 0.15) is 5.82 Å². The summed E-state index contributed by atoms with van der Waals surface area (Å²) in [5.74, 6) is 1.36. The molecule has 0 amide bonds. The third-order valence-corrected chi connectivity index (χ3v) is 2.56. The zero-order chi connectivity index (χ0) is 12.0. The topological polar surface area (TPSA) is 73.2 Å². The van der Waals surface area contributed by atoms with Gasteiger partial charge in [0.05, 0.1) is 5.69 Å². The summed E-state index contributed by atoms with van der Waals surface area (Å²) in [6, 6.07) is 7.52. The van der Waals surface area contributed by atoms with E-state index in [2.05, 4.69) is 10.2 Å². The second kappa shape index (κ2) is 3.16. The first-order chi connectivity index (χ1) is 8.03. The number of ether oxygens (including phenoxy) is 2. The van der Waals surface area contributed by atoms with Crippen molar-refractivity contribution in [1.82, 2.24) is 10.2 Å². The van der Waals surface area contributed by atoms with Crippen LogP contribution < -0.4 is 15.2 Å². The van der Waals surface area contributed by atoms with Gasteiger partial charge >= 0.3 is 0 Å². The van der Waals surface area contributed by atoms with E-state index in [9.17, 15) is 0 Å². The van der Waals surface area contributed by atoms with Gasteiger partial charge in [-0.25, -0.2) is 0 Å². The molecule has 0 saturated heterocycles. The van der Waals surface area contributed by atoms with Gasteiger partial charge in [-0.15, -0.1) is 0 Å². The maximum absolute atomic E-state index is 5.68. The molecule has 5 heteroatoms. The Morgan fingerprint density at radius 1 is 1.18 bits per heavy atom. The molecule has 3 rings (SSSR count). The van der Waals surface area contributed by atoms with Gasteiger partial charge in [-0.2, -0.15) is 5.10 Å². The number of nitrogens with two attached hydrogens (primary N) is 1. The van der Waals surface area contributed by atoms with Crippen LogP contribution in [0.25, 0.3) is 11.3 Å². The zero-order valence-corrected chi connectivity index (χ0v) is 9.65. The van der Waals surface area contributed by atoms with Crippen molar-refractivity contribution in [1.29, 1.82) is 0 Å². The molecular weight excluding hydrogens is 218 g/mol. The molecule has 1 aromatic carbocycles. The minimum atomic E-state index is -0.603. The van der Waals surface area contributed by atoms with Crippen LogP contribution in [-0.2, 0) is 0 Å². The number of H-pyrrole nitrogens is 1. The van der Waals surface area contributed by atoms with E-state index in [1.165, 1.54) is 0 Å². The quantitative estimate of drug-likeness (QED) is 0.788. The van der Waals surface area contributed by atoms with Crippen molar-refractivity contribution in [2.45, 2.75) is 19.6 Å². The first-order valence-electron chi connectivity index (χ1n) is 5.37. The highest BCUT2D eigenvalue weighted by molar-refractivity contribution is 5.66. The molecule has 17 heavy (non-hydrogen) atoms. The molecule has 1 aromatic heterocycles. The van der Waals surface area contributed by atoms with Crippen LogP contribution >= 0.6 is 0 Å². The van der Waals surface area contributed by atoms with Gasteiger partial charge in [0.25, 0.3) is 0 Å². The highest BCUT2D eigenvalue weighted by Crippen LogP contribution is 2.41. The predicted octanol–water partition coefficient (Wildman–Crippen LogP) is 2.17. The summed E-state index contributed by atoms with van der Waals surface area (Å²) in [7, 11) is 0. The molecule has 5 nitrogen and oxygen atoms in total. The van der Waals surface area contributed by atoms with E-state index in [1.807, 2.05) is 32.0 Å². The smallest absolute Gasteiger partial charge is 0.246 e. The Bertz CT molecular complexity index is 575. The lowest BCUT2D eigenvalue weighted by atomic mass is 10.1. The van der Waals surface area contributed by atoms with E-state index >= 15 is 0 Å². The fourth-order valence-corrected chi connectivity index (χ4v) is 1.88. The van der Waals surface area contributed by atoms with Gasteiger partial charge < -0.3 is 15.2 Å². The van der Waals surface area contributed by atoms with Crippen LogP contribution in [0.4, 0.5) is 5.82 Å². The van der Waals surface area contributed by atoms with Gasteiger partial charge in [-0.1, -0.05) is 0 Å². The Hall–Kier alpha value is -2.17. The van der Waals surface area contributed by atoms with E-state index in [1.54, 1.807) is 6.07 Å². The minimum Gasteiger partial charge on any atom is -0.449 e. The number of aromatic amines is 1. The van der Waals surface area contributed by atoms with Crippen LogP contribution in [0.2, 0.25) is 0 Å². The van der Waals surface area contributed by atoms with E-state index < -0.39 is 5.79 Å². The number of rotatable bonds is 1. The molecule has 0 radical (unpaired) electrons. The molecule has 0 fully saturated rings. The SMILES string of the molecule is CC1(C)Oc2ccc(-c3cc(N)n[nH]3)cc2O1. The van der Waals surface area contributed by atoms with Crippen LogP contribution in [-0.4, -0.2) is 16.0 Å². The average molecular weight is 231 g/mol. The molecule has 0 aliphatic carbocycles. The van der Waals surface area contributed by atoms with Crippen molar-refractivity contribution in [2.24, 2.45) is 0 Å². The number of aromatic nitrogens is 2. The van der Waals surface area contributed by atoms with E-state index in [0.717, 1.165) is 22.8 Å². The number of nitrogens with zero attached hydrogens (tertiary/aromatic N) is 1. The van der Waals surface area contributed by atoms with Gasteiger partial charge in [-0.05, 0) is 18.2 Å². The fraction of sp³-hybridized carbons (Fsp3) is 0.250. The average Bonchev–Trinajstić information content (AvgIpc) is 2.78. The maximum Gasteiger partial charge on any atom is 0.246 e. The normalized spacial score (nSPS) is 16.1. The van der Waals surface area contributed by atoms with Gasteiger partial charge in [0, 0.05) is 25.5 Å². The summed E-state index contributed by atoms with van der Waals surface area (Å²) in [6.07, 6.45) is 0. The Balaban J connectivity index is 2.01. The predicted molar refractivity (Wildman–Crippen MR) is 63.8 cm³/mol. The molecule has 1 aliphatic heterocycles. The monoisotopic (exact) mass is 231 g/mol. The van der Waals surface area contributed by atoms with Crippen molar-refractivity contribution in [2.75, 3.05) is 5.73 Å². The molecule has 2 heterocycles. The molecule has 0 saturated carbocycles. The second-order valence-corrected chi connectivity index (χ2v) is 4.47. The summed E-state index contributed by atoms with van der Waals surface area (Å²) in [5.41, 5.74) is 7.40. The third kappa shape index (κ3) is 1.69. The Morgan fingerprint density at radius 2 is 1.94 bits per heavy atom. The molecule has 2 aromatic rings. The summed E-state index contributed by atoms with van der Waals surface area (Å²) in [4.78, 5) is 0. The van der Waals surface area contributed by atoms with Gasteiger partial charge in [0.2, 0.25) is 5.79 Å². The van der Waals surface area contributed by atoms with Crippen LogP contribution in [0, 0.1) is 0 Å². The van der Waals surface area contributed by atoms with E-state index in [0.29, 0.717) is 5.82 Å². The number of hydrogen-bond acceptors (Lipinski definition) is 4. The number of hydrogen-bond donors (Lipinski definition) is 2. The van der Waals surface area contributed by atoms with E-state index in [-0.39, 0.29) is 0 Å². The number of anilines is 1. The van der Waals surface area contributed by atoms with Crippen LogP contribution in [0.3, 0.4) is 0 Å². The molecule has 88 valence electrons. The Kier molecular flexibility index (Phi) is 1.86. The molecule has 0 unspecified atom stereocenters. The number of fused-ring (bicyclic) bond motifs is 1. The lowest BCUT2D eigenvalue weighted by Gasteiger charge is -2.16. The van der Waals surface area contributed by atoms with Gasteiger partial charge in [0.15, 0.2) is 11.5 Å². The molecule has 1 aliphatic rings. The molecule has 3 N–H and O–H groups in total. The summed E-state index contributed by atoms with van der Waals surface area (Å²) >= 11 is 0. The first-order valence-corrected chi connectivity index (χ1v) is 5.37. The second-order valence-electron chi connectivity index (χ2n) is 4.47. The highest BCUT2D eigenvalue weighted by atomic mass is 16.7. The van der Waals surface area contributed by atoms with Crippen molar-refractivity contribution >= 4 is 5.82 Å². The largest absolute Gasteiger partial charge is 0.449 e. The number of benzene rings is 1. The Labute approximate surface area is 98.5 Å². The Morgan fingerprint density at radius 3 is 2.65 bits per heavy atom. The molecule has 0 spiro atoms. The van der Waals surface area contributed by atoms with Crippen LogP contribution in [0.1, 0.15) is 13.8 Å². The summed E-state index contributed by atoms with van der Waals surface area (Å²) in [6.45, 7) is 3.75. The number of nitrogen functional groups attached to an aromatic ring is 1. The summed E-state index contributed by atoms with van der Waals surface area (Å²) < 4.78 is 11.3. The summed E-state index contributed by atoms with van der Waals surface area (Å²) in [5, 5.41) is 6.76. The lowest BCUT2D eigenvalue weighted by Crippen LogP contribution is -2.29. The molecule has 0 atom stereocenters. The first kappa shape index (κ1) is 10.0.